The zero-order valence-corrected chi connectivity index (χ0v) is 13.5. The van der Waals surface area contributed by atoms with E-state index in [0.717, 1.165) is 11.3 Å². The lowest BCUT2D eigenvalue weighted by molar-refractivity contribution is -0.119. The molecular formula is C14H15ClN2O2S2. The maximum absolute atomic E-state index is 11.9. The molecule has 1 amide bonds. The number of halogens is 1. The predicted octanol–water partition coefficient (Wildman–Crippen LogP) is 2.88. The SMILES string of the molecule is O=C(CSCc1cscn1)NC(CO)c1ccc(Cl)cc1. The Morgan fingerprint density at radius 1 is 1.43 bits per heavy atom. The molecule has 1 heterocycles. The summed E-state index contributed by atoms with van der Waals surface area (Å²) in [7, 11) is 0. The van der Waals surface area contributed by atoms with Gasteiger partial charge in [0.25, 0.3) is 0 Å². The number of rotatable bonds is 7. The lowest BCUT2D eigenvalue weighted by Gasteiger charge is -2.16. The van der Waals surface area contributed by atoms with E-state index in [1.165, 1.54) is 11.8 Å². The average molecular weight is 343 g/mol. The predicted molar refractivity (Wildman–Crippen MR) is 87.7 cm³/mol. The van der Waals surface area contributed by atoms with Crippen LogP contribution in [0.2, 0.25) is 5.02 Å². The van der Waals surface area contributed by atoms with Gasteiger partial charge in [-0.1, -0.05) is 23.7 Å². The summed E-state index contributed by atoms with van der Waals surface area (Å²) in [6, 6.07) is 6.66. The third-order valence-corrected chi connectivity index (χ3v) is 4.61. The summed E-state index contributed by atoms with van der Waals surface area (Å²) in [5, 5.41) is 14.8. The molecule has 0 aliphatic heterocycles. The Bertz CT molecular complexity index is 561. The summed E-state index contributed by atoms with van der Waals surface area (Å²) >= 11 is 8.87. The minimum atomic E-state index is -0.408. The molecule has 0 aliphatic carbocycles. The molecule has 2 rings (SSSR count). The molecule has 21 heavy (non-hydrogen) atoms. The quantitative estimate of drug-likeness (QED) is 0.812. The van der Waals surface area contributed by atoms with Crippen LogP contribution in [0.4, 0.5) is 0 Å². The number of benzene rings is 1. The number of hydrogen-bond donors (Lipinski definition) is 2. The van der Waals surface area contributed by atoms with Crippen LogP contribution in [0.1, 0.15) is 17.3 Å². The highest BCUT2D eigenvalue weighted by molar-refractivity contribution is 7.99. The molecule has 1 aromatic carbocycles. The third-order valence-electron chi connectivity index (χ3n) is 2.76. The van der Waals surface area contributed by atoms with Gasteiger partial charge in [-0.15, -0.1) is 23.1 Å². The average Bonchev–Trinajstić information content (AvgIpc) is 2.99. The van der Waals surface area contributed by atoms with E-state index in [9.17, 15) is 9.90 Å². The highest BCUT2D eigenvalue weighted by atomic mass is 35.5. The second-order valence-electron chi connectivity index (χ2n) is 4.33. The van der Waals surface area contributed by atoms with Crippen molar-refractivity contribution >= 4 is 40.6 Å². The molecule has 0 radical (unpaired) electrons. The Labute approximate surface area is 136 Å². The highest BCUT2D eigenvalue weighted by Crippen LogP contribution is 2.17. The van der Waals surface area contributed by atoms with Crippen LogP contribution in [0, 0.1) is 0 Å². The molecule has 2 N–H and O–H groups in total. The first kappa shape index (κ1) is 16.3. The third kappa shape index (κ3) is 5.32. The van der Waals surface area contributed by atoms with Crippen LogP contribution in [0.5, 0.6) is 0 Å². The summed E-state index contributed by atoms with van der Waals surface area (Å²) in [5.41, 5.74) is 3.59. The number of amides is 1. The Morgan fingerprint density at radius 3 is 2.81 bits per heavy atom. The minimum absolute atomic E-state index is 0.107. The van der Waals surface area contributed by atoms with Crippen molar-refractivity contribution < 1.29 is 9.90 Å². The Kier molecular flexibility index (Phi) is 6.50. The van der Waals surface area contributed by atoms with E-state index >= 15 is 0 Å². The fourth-order valence-corrected chi connectivity index (χ4v) is 3.25. The summed E-state index contributed by atoms with van der Waals surface area (Å²) in [4.78, 5) is 16.1. The van der Waals surface area contributed by atoms with Gasteiger partial charge in [-0.05, 0) is 17.7 Å². The standard InChI is InChI=1S/C14H15ClN2O2S2/c15-11-3-1-10(2-4-11)13(5-18)17-14(19)8-20-6-12-7-21-9-16-12/h1-4,7,9,13,18H,5-6,8H2,(H,17,19). The second kappa shape index (κ2) is 8.38. The van der Waals surface area contributed by atoms with Gasteiger partial charge in [0.1, 0.15) is 0 Å². The van der Waals surface area contributed by atoms with Crippen molar-refractivity contribution in [1.29, 1.82) is 0 Å². The van der Waals surface area contributed by atoms with Gasteiger partial charge in [-0.25, -0.2) is 4.98 Å². The van der Waals surface area contributed by atoms with Gasteiger partial charge in [-0.3, -0.25) is 4.79 Å². The number of carbonyl (C=O) groups is 1. The largest absolute Gasteiger partial charge is 0.394 e. The summed E-state index contributed by atoms with van der Waals surface area (Å²) < 4.78 is 0. The van der Waals surface area contributed by atoms with E-state index in [4.69, 9.17) is 11.6 Å². The highest BCUT2D eigenvalue weighted by Gasteiger charge is 2.13. The molecule has 1 atom stereocenters. The van der Waals surface area contributed by atoms with Crippen molar-refractivity contribution in [1.82, 2.24) is 10.3 Å². The van der Waals surface area contributed by atoms with E-state index in [1.807, 2.05) is 5.38 Å². The minimum Gasteiger partial charge on any atom is -0.394 e. The molecule has 1 aromatic heterocycles. The van der Waals surface area contributed by atoms with Crippen LogP contribution >= 0.6 is 34.7 Å². The van der Waals surface area contributed by atoms with E-state index in [1.54, 1.807) is 41.1 Å². The van der Waals surface area contributed by atoms with Gasteiger partial charge in [0.15, 0.2) is 0 Å². The van der Waals surface area contributed by atoms with Crippen molar-refractivity contribution in [2.45, 2.75) is 11.8 Å². The molecule has 2 aromatic rings. The second-order valence-corrected chi connectivity index (χ2v) is 6.47. The lowest BCUT2D eigenvalue weighted by atomic mass is 10.1. The van der Waals surface area contributed by atoms with Gasteiger partial charge in [0.05, 0.1) is 29.6 Å². The van der Waals surface area contributed by atoms with Gasteiger partial charge in [-0.2, -0.15) is 0 Å². The van der Waals surface area contributed by atoms with Crippen LogP contribution in [0.15, 0.2) is 35.2 Å². The summed E-state index contributed by atoms with van der Waals surface area (Å²) in [6.07, 6.45) is 0. The van der Waals surface area contributed by atoms with E-state index in [-0.39, 0.29) is 12.5 Å². The summed E-state index contributed by atoms with van der Waals surface area (Å²) in [6.45, 7) is -0.149. The molecule has 0 saturated carbocycles. The van der Waals surface area contributed by atoms with Crippen LogP contribution < -0.4 is 5.32 Å². The molecule has 0 aliphatic rings. The molecule has 4 nitrogen and oxygen atoms in total. The van der Waals surface area contributed by atoms with E-state index < -0.39 is 6.04 Å². The van der Waals surface area contributed by atoms with Crippen LogP contribution in [0.25, 0.3) is 0 Å². The van der Waals surface area contributed by atoms with Crippen molar-refractivity contribution in [2.24, 2.45) is 0 Å². The molecule has 7 heteroatoms. The van der Waals surface area contributed by atoms with Gasteiger partial charge >= 0.3 is 0 Å². The Hall–Kier alpha value is -1.08. The molecular weight excluding hydrogens is 328 g/mol. The zero-order chi connectivity index (χ0) is 15.1. The van der Waals surface area contributed by atoms with Gasteiger partial charge in [0.2, 0.25) is 5.91 Å². The van der Waals surface area contributed by atoms with Crippen LogP contribution in [-0.4, -0.2) is 28.4 Å². The van der Waals surface area contributed by atoms with Crippen molar-refractivity contribution in [3.8, 4) is 0 Å². The number of thioether (sulfide) groups is 1. The lowest BCUT2D eigenvalue weighted by Crippen LogP contribution is -2.32. The van der Waals surface area contributed by atoms with Crippen molar-refractivity contribution in [3.05, 3.63) is 51.4 Å². The normalized spacial score (nSPS) is 12.1. The molecule has 0 spiro atoms. The molecule has 1 unspecified atom stereocenters. The maximum Gasteiger partial charge on any atom is 0.230 e. The first-order chi connectivity index (χ1) is 10.2. The summed E-state index contributed by atoms with van der Waals surface area (Å²) in [5.74, 6) is 0.938. The topological polar surface area (TPSA) is 62.2 Å². The fraction of sp³-hybridized carbons (Fsp3) is 0.286. The zero-order valence-electron chi connectivity index (χ0n) is 11.2. The van der Waals surface area contributed by atoms with Crippen molar-refractivity contribution in [3.63, 3.8) is 0 Å². The fourth-order valence-electron chi connectivity index (χ4n) is 1.72. The Morgan fingerprint density at radius 2 is 2.19 bits per heavy atom. The number of hydrogen-bond acceptors (Lipinski definition) is 5. The first-order valence-electron chi connectivity index (χ1n) is 6.29. The number of nitrogens with one attached hydrogen (secondary N) is 1. The number of aliphatic hydroxyl groups is 1. The number of aliphatic hydroxyl groups excluding tert-OH is 1. The number of thiazole rings is 1. The number of carbonyl (C=O) groups excluding carboxylic acids is 1. The first-order valence-corrected chi connectivity index (χ1v) is 8.77. The smallest absolute Gasteiger partial charge is 0.230 e. The van der Waals surface area contributed by atoms with Crippen LogP contribution in [0.3, 0.4) is 0 Å². The number of aromatic nitrogens is 1. The number of nitrogens with zero attached hydrogens (tertiary/aromatic N) is 1. The molecule has 0 fully saturated rings. The van der Waals surface area contributed by atoms with E-state index in [0.29, 0.717) is 16.5 Å². The molecule has 112 valence electrons. The van der Waals surface area contributed by atoms with Gasteiger partial charge < -0.3 is 10.4 Å². The van der Waals surface area contributed by atoms with Crippen LogP contribution in [-0.2, 0) is 10.5 Å². The molecule has 0 saturated heterocycles. The van der Waals surface area contributed by atoms with Gasteiger partial charge in [0, 0.05) is 16.2 Å². The van der Waals surface area contributed by atoms with Crippen molar-refractivity contribution in [2.75, 3.05) is 12.4 Å². The Balaban J connectivity index is 1.80. The molecule has 0 bridgehead atoms. The maximum atomic E-state index is 11.9. The monoisotopic (exact) mass is 342 g/mol. The van der Waals surface area contributed by atoms with E-state index in [2.05, 4.69) is 10.3 Å².